The number of hydrogen-bond donors (Lipinski definition) is 3. The van der Waals surface area contributed by atoms with Crippen molar-refractivity contribution < 1.29 is 33.4 Å². The standard InChI is InChI=1S/C23H27N3O8/c1-13-10-17(28)22(30)23(33-13)15(14-4-5-16(27)18(11-14)32-3)12-20(29)24-8-6-21-25-19(26-34-21)7-9-31-2/h4-5,10-11,15,27,30H,6-9,12H2,1-3H3,(H,24,29)/t15-/m0/s1. The second-order valence-electron chi connectivity index (χ2n) is 7.57. The quantitative estimate of drug-likeness (QED) is 0.375. The zero-order valence-corrected chi connectivity index (χ0v) is 19.2. The average Bonchev–Trinajstić information content (AvgIpc) is 3.26. The van der Waals surface area contributed by atoms with Gasteiger partial charge in [-0.25, -0.2) is 0 Å². The van der Waals surface area contributed by atoms with Gasteiger partial charge in [-0.3, -0.25) is 9.59 Å². The van der Waals surface area contributed by atoms with Crippen molar-refractivity contribution in [1.29, 1.82) is 0 Å². The Morgan fingerprint density at radius 3 is 2.74 bits per heavy atom. The number of phenolic OH excluding ortho intramolecular Hbond substituents is 1. The van der Waals surface area contributed by atoms with Crippen molar-refractivity contribution in [3.05, 3.63) is 63.3 Å². The van der Waals surface area contributed by atoms with Gasteiger partial charge in [0.15, 0.2) is 23.1 Å². The van der Waals surface area contributed by atoms with E-state index in [1.165, 1.54) is 25.3 Å². The molecule has 34 heavy (non-hydrogen) atoms. The number of hydrogen-bond acceptors (Lipinski definition) is 10. The van der Waals surface area contributed by atoms with Gasteiger partial charge < -0.3 is 33.9 Å². The number of nitrogens with one attached hydrogen (secondary N) is 1. The van der Waals surface area contributed by atoms with E-state index in [9.17, 15) is 19.8 Å². The zero-order valence-electron chi connectivity index (χ0n) is 19.2. The van der Waals surface area contributed by atoms with Crippen LogP contribution in [0.3, 0.4) is 0 Å². The van der Waals surface area contributed by atoms with E-state index in [0.29, 0.717) is 36.7 Å². The number of rotatable bonds is 11. The topological polar surface area (TPSA) is 157 Å². The molecular weight excluding hydrogens is 446 g/mol. The number of carbonyl (C=O) groups excluding carboxylic acids is 1. The summed E-state index contributed by atoms with van der Waals surface area (Å²) in [6.45, 7) is 2.28. The molecule has 2 heterocycles. The van der Waals surface area contributed by atoms with E-state index in [1.807, 2.05) is 0 Å². The van der Waals surface area contributed by atoms with Crippen LogP contribution in [0.25, 0.3) is 0 Å². The first kappa shape index (κ1) is 24.8. The molecule has 0 saturated heterocycles. The summed E-state index contributed by atoms with van der Waals surface area (Å²) < 4.78 is 20.9. The Bertz CT molecular complexity index is 1190. The SMILES string of the molecule is COCCc1noc(CCNC(=O)C[C@@H](c2ccc(O)c(OC)c2)c2oc(C)cc(=O)c2O)n1. The normalized spacial score (nSPS) is 11.9. The lowest BCUT2D eigenvalue weighted by molar-refractivity contribution is -0.121. The maximum Gasteiger partial charge on any atom is 0.228 e. The fourth-order valence-electron chi connectivity index (χ4n) is 3.39. The minimum atomic E-state index is -0.814. The molecule has 0 fully saturated rings. The highest BCUT2D eigenvalue weighted by atomic mass is 16.5. The number of amides is 1. The van der Waals surface area contributed by atoms with E-state index >= 15 is 0 Å². The lowest BCUT2D eigenvalue weighted by Gasteiger charge is -2.18. The second kappa shape index (κ2) is 11.3. The first-order valence-corrected chi connectivity index (χ1v) is 10.6. The van der Waals surface area contributed by atoms with Crippen molar-refractivity contribution in [1.82, 2.24) is 15.5 Å². The van der Waals surface area contributed by atoms with Crippen LogP contribution in [0.2, 0.25) is 0 Å². The molecule has 0 bridgehead atoms. The summed E-state index contributed by atoms with van der Waals surface area (Å²) in [6.07, 6.45) is 0.709. The van der Waals surface area contributed by atoms with Crippen LogP contribution in [0.5, 0.6) is 17.2 Å². The molecule has 3 N–H and O–H groups in total. The number of carbonyl (C=O) groups is 1. The van der Waals surface area contributed by atoms with Crippen LogP contribution in [0.15, 0.2) is 38.0 Å². The molecule has 3 aromatic rings. The van der Waals surface area contributed by atoms with Gasteiger partial charge in [0.05, 0.1) is 19.6 Å². The molecule has 11 heteroatoms. The van der Waals surface area contributed by atoms with E-state index in [2.05, 4.69) is 15.5 Å². The highest BCUT2D eigenvalue weighted by Crippen LogP contribution is 2.37. The van der Waals surface area contributed by atoms with Crippen molar-refractivity contribution in [2.45, 2.75) is 32.1 Å². The van der Waals surface area contributed by atoms with E-state index in [0.717, 1.165) is 0 Å². The predicted octanol–water partition coefficient (Wildman–Crippen LogP) is 1.82. The molecule has 0 aliphatic carbocycles. The van der Waals surface area contributed by atoms with Crippen molar-refractivity contribution >= 4 is 5.91 Å². The van der Waals surface area contributed by atoms with Crippen molar-refractivity contribution in [3.63, 3.8) is 0 Å². The van der Waals surface area contributed by atoms with E-state index in [-0.39, 0.29) is 41.9 Å². The second-order valence-corrected chi connectivity index (χ2v) is 7.57. The van der Waals surface area contributed by atoms with Crippen LogP contribution in [-0.2, 0) is 22.4 Å². The third-order valence-electron chi connectivity index (χ3n) is 5.09. The molecule has 0 aliphatic rings. The Labute approximate surface area is 195 Å². The molecule has 0 spiro atoms. The molecule has 1 amide bonds. The minimum absolute atomic E-state index is 0.0485. The fraction of sp³-hybridized carbons (Fsp3) is 0.391. The van der Waals surface area contributed by atoms with Gasteiger partial charge in [-0.1, -0.05) is 11.2 Å². The number of aromatic nitrogens is 2. The van der Waals surface area contributed by atoms with Crippen LogP contribution in [0, 0.1) is 6.92 Å². The summed E-state index contributed by atoms with van der Waals surface area (Å²) in [6, 6.07) is 5.66. The van der Waals surface area contributed by atoms with Gasteiger partial charge >= 0.3 is 0 Å². The minimum Gasteiger partial charge on any atom is -0.504 e. The van der Waals surface area contributed by atoms with Crippen molar-refractivity contribution in [2.24, 2.45) is 0 Å². The zero-order chi connectivity index (χ0) is 24.7. The summed E-state index contributed by atoms with van der Waals surface area (Å²) in [7, 11) is 2.97. The van der Waals surface area contributed by atoms with Gasteiger partial charge in [0, 0.05) is 39.0 Å². The molecule has 0 unspecified atom stereocenters. The van der Waals surface area contributed by atoms with Gasteiger partial charge in [-0.05, 0) is 24.6 Å². The maximum absolute atomic E-state index is 12.8. The average molecular weight is 473 g/mol. The molecular formula is C23H27N3O8. The molecule has 11 nitrogen and oxygen atoms in total. The van der Waals surface area contributed by atoms with Gasteiger partial charge in [-0.15, -0.1) is 0 Å². The van der Waals surface area contributed by atoms with Gasteiger partial charge in [0.2, 0.25) is 23.0 Å². The number of nitrogens with zero attached hydrogens (tertiary/aromatic N) is 2. The van der Waals surface area contributed by atoms with Crippen LogP contribution in [-0.4, -0.2) is 53.6 Å². The number of methoxy groups -OCH3 is 2. The predicted molar refractivity (Wildman–Crippen MR) is 119 cm³/mol. The van der Waals surface area contributed by atoms with E-state index < -0.39 is 17.1 Å². The highest BCUT2D eigenvalue weighted by Gasteiger charge is 2.26. The number of benzene rings is 1. The molecule has 1 aromatic carbocycles. The molecule has 2 aromatic heterocycles. The number of aryl methyl sites for hydroxylation is 1. The summed E-state index contributed by atoms with van der Waals surface area (Å²) in [5.41, 5.74) is -0.107. The molecule has 182 valence electrons. The number of aromatic hydroxyl groups is 2. The summed E-state index contributed by atoms with van der Waals surface area (Å²) in [4.78, 5) is 29.1. The molecule has 3 rings (SSSR count). The van der Waals surface area contributed by atoms with E-state index in [1.54, 1.807) is 20.1 Å². The highest BCUT2D eigenvalue weighted by molar-refractivity contribution is 5.77. The van der Waals surface area contributed by atoms with Crippen LogP contribution >= 0.6 is 0 Å². The Kier molecular flexibility index (Phi) is 8.25. The van der Waals surface area contributed by atoms with Gasteiger partial charge in [0.1, 0.15) is 5.76 Å². The van der Waals surface area contributed by atoms with Crippen molar-refractivity contribution in [3.8, 4) is 17.2 Å². The number of phenols is 1. The Morgan fingerprint density at radius 1 is 1.21 bits per heavy atom. The third-order valence-corrected chi connectivity index (χ3v) is 5.09. The summed E-state index contributed by atoms with van der Waals surface area (Å²) in [5, 5.41) is 26.9. The summed E-state index contributed by atoms with van der Waals surface area (Å²) in [5.74, 6) is -0.521. The Hall–Kier alpha value is -3.86. The van der Waals surface area contributed by atoms with Crippen molar-refractivity contribution in [2.75, 3.05) is 27.4 Å². The smallest absolute Gasteiger partial charge is 0.228 e. The molecule has 0 saturated carbocycles. The lowest BCUT2D eigenvalue weighted by Crippen LogP contribution is -2.27. The van der Waals surface area contributed by atoms with Crippen LogP contribution in [0.4, 0.5) is 0 Å². The Morgan fingerprint density at radius 2 is 2.00 bits per heavy atom. The van der Waals surface area contributed by atoms with Gasteiger partial charge in [0.25, 0.3) is 0 Å². The van der Waals surface area contributed by atoms with Crippen LogP contribution in [0.1, 0.15) is 41.1 Å². The molecule has 0 radical (unpaired) electrons. The maximum atomic E-state index is 12.8. The van der Waals surface area contributed by atoms with Crippen LogP contribution < -0.4 is 15.5 Å². The first-order valence-electron chi connectivity index (χ1n) is 10.6. The monoisotopic (exact) mass is 473 g/mol. The first-order chi connectivity index (χ1) is 16.3. The third kappa shape index (κ3) is 6.13. The van der Waals surface area contributed by atoms with Gasteiger partial charge in [-0.2, -0.15) is 4.98 Å². The largest absolute Gasteiger partial charge is 0.504 e. The lowest BCUT2D eigenvalue weighted by atomic mass is 9.91. The number of ether oxygens (including phenoxy) is 2. The molecule has 1 atom stereocenters. The molecule has 0 aliphatic heterocycles. The fourth-order valence-corrected chi connectivity index (χ4v) is 3.39. The Balaban J connectivity index is 1.76. The van der Waals surface area contributed by atoms with E-state index in [4.69, 9.17) is 18.4 Å². The summed E-state index contributed by atoms with van der Waals surface area (Å²) >= 11 is 0.